The molecule has 0 spiro atoms. The number of halogens is 1. The molecule has 2 unspecified atom stereocenters. The fraction of sp³-hybridized carbons (Fsp3) is 0.538. The summed E-state index contributed by atoms with van der Waals surface area (Å²) >= 11 is 0. The highest BCUT2D eigenvalue weighted by Gasteiger charge is 2.22. The second-order valence-corrected chi connectivity index (χ2v) is 3.87. The fourth-order valence-electron chi connectivity index (χ4n) is 1.74. The van der Waals surface area contributed by atoms with Gasteiger partial charge in [-0.1, -0.05) is 24.6 Å². The van der Waals surface area contributed by atoms with Gasteiger partial charge in [-0.15, -0.1) is 0 Å². The lowest BCUT2D eigenvalue weighted by Crippen LogP contribution is -2.22. The van der Waals surface area contributed by atoms with Gasteiger partial charge in [0.2, 0.25) is 0 Å². The maximum atomic E-state index is 13.5. The van der Waals surface area contributed by atoms with E-state index in [1.165, 1.54) is 6.07 Å². The van der Waals surface area contributed by atoms with Gasteiger partial charge in [0.15, 0.2) is 0 Å². The molecule has 1 aromatic rings. The number of hydrogen-bond acceptors (Lipinski definition) is 2. The van der Waals surface area contributed by atoms with Crippen molar-refractivity contribution in [3.8, 4) is 0 Å². The molecular weight excluding hydrogens is 207 g/mol. The summed E-state index contributed by atoms with van der Waals surface area (Å²) in [7, 11) is 0. The molecule has 0 aliphatic carbocycles. The van der Waals surface area contributed by atoms with Crippen molar-refractivity contribution in [1.82, 2.24) is 0 Å². The zero-order valence-corrected chi connectivity index (χ0v) is 10.0. The molecule has 1 rings (SSSR count). The van der Waals surface area contributed by atoms with Crippen LogP contribution < -0.4 is 0 Å². The number of hydrogen-bond donors (Lipinski definition) is 1. The van der Waals surface area contributed by atoms with Crippen molar-refractivity contribution in [3.63, 3.8) is 0 Å². The zero-order valence-electron chi connectivity index (χ0n) is 10.0. The van der Waals surface area contributed by atoms with Crippen LogP contribution >= 0.6 is 0 Å². The third kappa shape index (κ3) is 3.03. The summed E-state index contributed by atoms with van der Waals surface area (Å²) in [4.78, 5) is 0. The van der Waals surface area contributed by atoms with Crippen LogP contribution in [0.3, 0.4) is 0 Å². The van der Waals surface area contributed by atoms with Gasteiger partial charge in [0.25, 0.3) is 0 Å². The van der Waals surface area contributed by atoms with Crippen LogP contribution in [0.25, 0.3) is 0 Å². The van der Waals surface area contributed by atoms with Crippen LogP contribution in [0.1, 0.15) is 37.5 Å². The van der Waals surface area contributed by atoms with Gasteiger partial charge < -0.3 is 9.84 Å². The van der Waals surface area contributed by atoms with Crippen molar-refractivity contribution in [2.75, 3.05) is 6.61 Å². The molecule has 0 saturated carbocycles. The standard InChI is InChI=1S/C13H19FO2/c1-4-12(16-5-2)13(15)10-8-9(3)6-7-11(10)14/h6-8,12-13,15H,4-5H2,1-3H3. The maximum Gasteiger partial charge on any atom is 0.129 e. The number of ether oxygens (including phenoxy) is 1. The lowest BCUT2D eigenvalue weighted by atomic mass is 10.00. The molecule has 2 nitrogen and oxygen atoms in total. The fourth-order valence-corrected chi connectivity index (χ4v) is 1.74. The van der Waals surface area contributed by atoms with E-state index in [9.17, 15) is 9.50 Å². The third-order valence-corrected chi connectivity index (χ3v) is 2.61. The van der Waals surface area contributed by atoms with Crippen molar-refractivity contribution in [1.29, 1.82) is 0 Å². The van der Waals surface area contributed by atoms with Crippen LogP contribution in [0, 0.1) is 12.7 Å². The Morgan fingerprint density at radius 2 is 2.06 bits per heavy atom. The van der Waals surface area contributed by atoms with Crippen LogP contribution in [0.5, 0.6) is 0 Å². The third-order valence-electron chi connectivity index (χ3n) is 2.61. The molecule has 0 aliphatic rings. The van der Waals surface area contributed by atoms with E-state index < -0.39 is 6.10 Å². The molecule has 16 heavy (non-hydrogen) atoms. The second kappa shape index (κ2) is 5.97. The molecular formula is C13H19FO2. The molecule has 1 aromatic carbocycles. The summed E-state index contributed by atoms with van der Waals surface area (Å²) in [6.07, 6.45) is -0.589. The van der Waals surface area contributed by atoms with Gasteiger partial charge in [-0.05, 0) is 26.3 Å². The average Bonchev–Trinajstić information content (AvgIpc) is 2.28. The summed E-state index contributed by atoms with van der Waals surface area (Å²) in [6, 6.07) is 4.74. The number of aryl methyl sites for hydroxylation is 1. The summed E-state index contributed by atoms with van der Waals surface area (Å²) in [5.41, 5.74) is 1.25. The Labute approximate surface area is 96.1 Å². The van der Waals surface area contributed by atoms with Crippen molar-refractivity contribution in [2.45, 2.75) is 39.4 Å². The first-order chi connectivity index (χ1) is 7.60. The van der Waals surface area contributed by atoms with Crippen molar-refractivity contribution >= 4 is 0 Å². The quantitative estimate of drug-likeness (QED) is 0.836. The normalized spacial score (nSPS) is 14.8. The first-order valence-electron chi connectivity index (χ1n) is 5.65. The highest BCUT2D eigenvalue weighted by Crippen LogP contribution is 2.24. The molecule has 3 heteroatoms. The average molecular weight is 226 g/mol. The molecule has 1 N–H and O–H groups in total. The second-order valence-electron chi connectivity index (χ2n) is 3.87. The van der Waals surface area contributed by atoms with Gasteiger partial charge in [-0.3, -0.25) is 0 Å². The molecule has 0 aromatic heterocycles. The number of aliphatic hydroxyl groups excluding tert-OH is 1. The molecule has 90 valence electrons. The van der Waals surface area contributed by atoms with Gasteiger partial charge in [-0.2, -0.15) is 0 Å². The molecule has 2 atom stereocenters. The number of benzene rings is 1. The SMILES string of the molecule is CCOC(CC)C(O)c1cc(C)ccc1F. The molecule has 0 fully saturated rings. The first kappa shape index (κ1) is 13.1. The van der Waals surface area contributed by atoms with Crippen LogP contribution in [-0.2, 0) is 4.74 Å². The first-order valence-corrected chi connectivity index (χ1v) is 5.65. The van der Waals surface area contributed by atoms with Gasteiger partial charge >= 0.3 is 0 Å². The summed E-state index contributed by atoms with van der Waals surface area (Å²) in [5, 5.41) is 10.1. The van der Waals surface area contributed by atoms with E-state index in [-0.39, 0.29) is 11.9 Å². The van der Waals surface area contributed by atoms with Crippen LogP contribution in [0.4, 0.5) is 4.39 Å². The Morgan fingerprint density at radius 3 is 2.62 bits per heavy atom. The van der Waals surface area contributed by atoms with Crippen LogP contribution in [0.2, 0.25) is 0 Å². The minimum Gasteiger partial charge on any atom is -0.386 e. The largest absolute Gasteiger partial charge is 0.386 e. The highest BCUT2D eigenvalue weighted by molar-refractivity contribution is 5.26. The summed E-state index contributed by atoms with van der Waals surface area (Å²) in [5.74, 6) is -0.378. The molecule has 0 heterocycles. The Balaban J connectivity index is 2.93. The van der Waals surface area contributed by atoms with Crippen molar-refractivity contribution in [2.24, 2.45) is 0 Å². The Bertz CT molecular complexity index is 339. The van der Waals surface area contributed by atoms with E-state index in [4.69, 9.17) is 4.74 Å². The van der Waals surface area contributed by atoms with Crippen molar-refractivity contribution < 1.29 is 14.2 Å². The van der Waals surface area contributed by atoms with Gasteiger partial charge in [0.1, 0.15) is 11.9 Å². The predicted octanol–water partition coefficient (Wildman–Crippen LogP) is 2.98. The zero-order chi connectivity index (χ0) is 12.1. The van der Waals surface area contributed by atoms with Gasteiger partial charge in [0, 0.05) is 12.2 Å². The lowest BCUT2D eigenvalue weighted by molar-refractivity contribution is -0.0369. The van der Waals surface area contributed by atoms with Gasteiger partial charge in [0.05, 0.1) is 6.10 Å². The van der Waals surface area contributed by atoms with E-state index in [0.29, 0.717) is 18.6 Å². The maximum absolute atomic E-state index is 13.5. The van der Waals surface area contributed by atoms with E-state index in [0.717, 1.165) is 5.56 Å². The Kier molecular flexibility index (Phi) is 4.90. The molecule has 0 aliphatic heterocycles. The minimum absolute atomic E-state index is 0.320. The summed E-state index contributed by atoms with van der Waals surface area (Å²) in [6.45, 7) is 6.17. The molecule has 0 radical (unpaired) electrons. The minimum atomic E-state index is -0.898. The number of aliphatic hydroxyl groups is 1. The summed E-state index contributed by atoms with van der Waals surface area (Å²) < 4.78 is 18.9. The lowest BCUT2D eigenvalue weighted by Gasteiger charge is -2.22. The van der Waals surface area contributed by atoms with E-state index in [1.807, 2.05) is 20.8 Å². The monoisotopic (exact) mass is 226 g/mol. The molecule has 0 saturated heterocycles. The van der Waals surface area contributed by atoms with Crippen molar-refractivity contribution in [3.05, 3.63) is 35.1 Å². The van der Waals surface area contributed by atoms with Crippen LogP contribution in [0.15, 0.2) is 18.2 Å². The number of rotatable bonds is 5. The topological polar surface area (TPSA) is 29.5 Å². The van der Waals surface area contributed by atoms with E-state index >= 15 is 0 Å². The Hall–Kier alpha value is -0.930. The molecule has 0 amide bonds. The molecule has 0 bridgehead atoms. The Morgan fingerprint density at radius 1 is 1.38 bits per heavy atom. The smallest absolute Gasteiger partial charge is 0.129 e. The highest BCUT2D eigenvalue weighted by atomic mass is 19.1. The van der Waals surface area contributed by atoms with Crippen LogP contribution in [-0.4, -0.2) is 17.8 Å². The van der Waals surface area contributed by atoms with E-state index in [2.05, 4.69) is 0 Å². The van der Waals surface area contributed by atoms with E-state index in [1.54, 1.807) is 12.1 Å². The predicted molar refractivity (Wildman–Crippen MR) is 61.8 cm³/mol. The van der Waals surface area contributed by atoms with Gasteiger partial charge in [-0.25, -0.2) is 4.39 Å².